The summed E-state index contributed by atoms with van der Waals surface area (Å²) in [6.45, 7) is 7.12. The molecule has 0 aliphatic carbocycles. The van der Waals surface area contributed by atoms with Crippen molar-refractivity contribution in [2.24, 2.45) is 0 Å². The van der Waals surface area contributed by atoms with E-state index in [-0.39, 0.29) is 17.9 Å². The van der Waals surface area contributed by atoms with E-state index < -0.39 is 0 Å². The largest absolute Gasteiger partial charge is 0.466 e. The van der Waals surface area contributed by atoms with E-state index in [0.29, 0.717) is 26.1 Å². The number of hydrogen-bond acceptors (Lipinski definition) is 4. The maximum Gasteiger partial charge on any atom is 0.307 e. The first-order valence-corrected chi connectivity index (χ1v) is 6.63. The molecule has 0 aromatic rings. The lowest BCUT2D eigenvalue weighted by molar-refractivity contribution is -0.143. The first kappa shape index (κ1) is 16.9. The Hall–Kier alpha value is -1.10. The second kappa shape index (κ2) is 9.88. The number of esters is 1. The number of nitrogens with zero attached hydrogens (tertiary/aromatic N) is 1. The highest BCUT2D eigenvalue weighted by Gasteiger charge is 2.11. The minimum atomic E-state index is -0.218. The number of nitrogens with one attached hydrogen (secondary N) is 1. The summed E-state index contributed by atoms with van der Waals surface area (Å²) in [5.41, 5.74) is 0. The Morgan fingerprint density at radius 2 is 2.00 bits per heavy atom. The summed E-state index contributed by atoms with van der Waals surface area (Å²) in [4.78, 5) is 24.6. The van der Waals surface area contributed by atoms with Crippen molar-refractivity contribution < 1.29 is 14.3 Å². The summed E-state index contributed by atoms with van der Waals surface area (Å²) in [5, 5.41) is 2.93. The van der Waals surface area contributed by atoms with Gasteiger partial charge < -0.3 is 10.1 Å². The summed E-state index contributed by atoms with van der Waals surface area (Å²) >= 11 is 0. The molecular formula is C13H26N2O3. The molecule has 0 saturated carbocycles. The minimum absolute atomic E-state index is 0.00214. The average molecular weight is 258 g/mol. The van der Waals surface area contributed by atoms with Crippen LogP contribution in [0.15, 0.2) is 0 Å². The molecule has 0 saturated heterocycles. The predicted molar refractivity (Wildman–Crippen MR) is 71.3 cm³/mol. The number of amides is 1. The van der Waals surface area contributed by atoms with Gasteiger partial charge in [-0.1, -0.05) is 13.3 Å². The van der Waals surface area contributed by atoms with Gasteiger partial charge in [0.05, 0.1) is 19.6 Å². The molecule has 0 radical (unpaired) electrons. The van der Waals surface area contributed by atoms with Crippen molar-refractivity contribution in [3.8, 4) is 0 Å². The molecular weight excluding hydrogens is 232 g/mol. The first-order valence-electron chi connectivity index (χ1n) is 6.63. The highest BCUT2D eigenvalue weighted by molar-refractivity contribution is 5.78. The molecule has 5 nitrogen and oxygen atoms in total. The molecule has 0 heterocycles. The van der Waals surface area contributed by atoms with Crippen molar-refractivity contribution in [2.75, 3.05) is 26.7 Å². The van der Waals surface area contributed by atoms with Crippen molar-refractivity contribution in [3.63, 3.8) is 0 Å². The van der Waals surface area contributed by atoms with Crippen molar-refractivity contribution in [1.29, 1.82) is 0 Å². The zero-order valence-electron chi connectivity index (χ0n) is 12.0. The third kappa shape index (κ3) is 8.98. The van der Waals surface area contributed by atoms with E-state index in [1.54, 1.807) is 6.92 Å². The molecule has 0 rings (SSSR count). The summed E-state index contributed by atoms with van der Waals surface area (Å²) < 4.78 is 4.83. The fraction of sp³-hybridized carbons (Fsp3) is 0.846. The molecule has 0 spiro atoms. The lowest BCUT2D eigenvalue weighted by Gasteiger charge is -2.18. The Bertz CT molecular complexity index is 257. The molecule has 1 atom stereocenters. The lowest BCUT2D eigenvalue weighted by atomic mass is 10.2. The minimum Gasteiger partial charge on any atom is -0.466 e. The fourth-order valence-electron chi connectivity index (χ4n) is 1.67. The van der Waals surface area contributed by atoms with Gasteiger partial charge in [-0.15, -0.1) is 0 Å². The van der Waals surface area contributed by atoms with Crippen LogP contribution in [-0.4, -0.2) is 49.6 Å². The molecule has 0 aliphatic rings. The topological polar surface area (TPSA) is 58.6 Å². The number of carbonyl (C=O) groups excluding carboxylic acids is 2. The van der Waals surface area contributed by atoms with E-state index in [1.165, 1.54) is 0 Å². The van der Waals surface area contributed by atoms with Crippen LogP contribution in [0.25, 0.3) is 0 Å². The summed E-state index contributed by atoms with van der Waals surface area (Å²) in [6, 6.07) is 0.209. The van der Waals surface area contributed by atoms with E-state index in [9.17, 15) is 9.59 Å². The molecule has 0 fully saturated rings. The van der Waals surface area contributed by atoms with Gasteiger partial charge in [-0.2, -0.15) is 0 Å². The third-order valence-corrected chi connectivity index (χ3v) is 2.55. The van der Waals surface area contributed by atoms with Crippen molar-refractivity contribution >= 4 is 11.9 Å². The van der Waals surface area contributed by atoms with Crippen LogP contribution in [0.1, 0.15) is 40.0 Å². The molecule has 1 unspecified atom stereocenters. The Kier molecular flexibility index (Phi) is 9.28. The summed E-state index contributed by atoms with van der Waals surface area (Å²) in [5.74, 6) is -0.216. The Balaban J connectivity index is 3.76. The van der Waals surface area contributed by atoms with Gasteiger partial charge in [-0.25, -0.2) is 0 Å². The van der Waals surface area contributed by atoms with Crippen LogP contribution >= 0.6 is 0 Å². The van der Waals surface area contributed by atoms with Gasteiger partial charge in [0.25, 0.3) is 0 Å². The number of rotatable bonds is 9. The van der Waals surface area contributed by atoms with Gasteiger partial charge in [0.15, 0.2) is 0 Å². The number of ether oxygens (including phenoxy) is 1. The van der Waals surface area contributed by atoms with Gasteiger partial charge >= 0.3 is 5.97 Å². The van der Waals surface area contributed by atoms with E-state index in [0.717, 1.165) is 12.8 Å². The van der Waals surface area contributed by atoms with Crippen LogP contribution < -0.4 is 5.32 Å². The highest BCUT2D eigenvalue weighted by Crippen LogP contribution is 1.95. The maximum absolute atomic E-state index is 11.6. The highest BCUT2D eigenvalue weighted by atomic mass is 16.5. The van der Waals surface area contributed by atoms with Gasteiger partial charge in [-0.05, 0) is 27.3 Å². The molecule has 0 aliphatic heterocycles. The molecule has 1 N–H and O–H groups in total. The molecule has 5 heteroatoms. The fourth-order valence-corrected chi connectivity index (χ4v) is 1.67. The third-order valence-electron chi connectivity index (χ3n) is 2.55. The predicted octanol–water partition coefficient (Wildman–Crippen LogP) is 1.18. The normalized spacial score (nSPS) is 12.3. The average Bonchev–Trinajstić information content (AvgIpc) is 2.26. The smallest absolute Gasteiger partial charge is 0.307 e. The van der Waals surface area contributed by atoms with Gasteiger partial charge in [0, 0.05) is 12.6 Å². The zero-order chi connectivity index (χ0) is 14.0. The number of hydrogen-bond donors (Lipinski definition) is 1. The molecule has 18 heavy (non-hydrogen) atoms. The Morgan fingerprint density at radius 3 is 2.56 bits per heavy atom. The molecule has 0 aromatic carbocycles. The lowest BCUT2D eigenvalue weighted by Crippen LogP contribution is -2.40. The van der Waals surface area contributed by atoms with Crippen LogP contribution in [0.4, 0.5) is 0 Å². The van der Waals surface area contributed by atoms with Crippen LogP contribution in [0.3, 0.4) is 0 Å². The van der Waals surface area contributed by atoms with Crippen LogP contribution in [-0.2, 0) is 14.3 Å². The van der Waals surface area contributed by atoms with Crippen molar-refractivity contribution in [3.05, 3.63) is 0 Å². The van der Waals surface area contributed by atoms with Crippen LogP contribution in [0.2, 0.25) is 0 Å². The second-order valence-electron chi connectivity index (χ2n) is 4.55. The van der Waals surface area contributed by atoms with Crippen molar-refractivity contribution in [1.82, 2.24) is 10.2 Å². The summed E-state index contributed by atoms with van der Waals surface area (Å²) in [6.07, 6.45) is 2.36. The van der Waals surface area contributed by atoms with E-state index in [1.807, 2.05) is 18.9 Å². The number of carbonyl (C=O) groups is 2. The van der Waals surface area contributed by atoms with Crippen LogP contribution in [0, 0.1) is 0 Å². The monoisotopic (exact) mass is 258 g/mol. The first-order chi connectivity index (χ1) is 8.49. The van der Waals surface area contributed by atoms with E-state index in [4.69, 9.17) is 4.74 Å². The van der Waals surface area contributed by atoms with E-state index >= 15 is 0 Å². The Morgan fingerprint density at radius 1 is 1.33 bits per heavy atom. The second-order valence-corrected chi connectivity index (χ2v) is 4.55. The quantitative estimate of drug-likeness (QED) is 0.631. The van der Waals surface area contributed by atoms with Gasteiger partial charge in [-0.3, -0.25) is 14.5 Å². The van der Waals surface area contributed by atoms with Gasteiger partial charge in [0.2, 0.25) is 5.91 Å². The van der Waals surface area contributed by atoms with E-state index in [2.05, 4.69) is 12.2 Å². The zero-order valence-corrected chi connectivity index (χ0v) is 12.0. The molecule has 106 valence electrons. The van der Waals surface area contributed by atoms with Crippen molar-refractivity contribution in [2.45, 2.75) is 46.1 Å². The Labute approximate surface area is 110 Å². The number of likely N-dealkylation sites (N-methyl/N-ethyl adjacent to an activating group) is 1. The molecule has 0 aromatic heterocycles. The SMILES string of the molecule is CCCC(C)NC(=O)CN(C)CCC(=O)OCC. The maximum atomic E-state index is 11.6. The summed E-state index contributed by atoms with van der Waals surface area (Å²) in [7, 11) is 1.82. The molecule has 1 amide bonds. The van der Waals surface area contributed by atoms with Gasteiger partial charge in [0.1, 0.15) is 0 Å². The standard InChI is InChI=1S/C13H26N2O3/c1-5-7-11(3)14-12(16)10-15(4)9-8-13(17)18-6-2/h11H,5-10H2,1-4H3,(H,14,16). The molecule has 0 bridgehead atoms. The van der Waals surface area contributed by atoms with Crippen LogP contribution in [0.5, 0.6) is 0 Å².